The second-order valence-corrected chi connectivity index (χ2v) is 12.5. The van der Waals surface area contributed by atoms with Gasteiger partial charge in [-0.15, -0.1) is 0 Å². The van der Waals surface area contributed by atoms with Gasteiger partial charge < -0.3 is 10.1 Å². The van der Waals surface area contributed by atoms with Crippen molar-refractivity contribution < 1.29 is 17.9 Å². The maximum Gasteiger partial charge on any atom is 0.241 e. The molecule has 38 heavy (non-hydrogen) atoms. The number of allylic oxidation sites excluding steroid dienone is 1. The van der Waals surface area contributed by atoms with Crippen molar-refractivity contribution in [2.45, 2.75) is 70.6 Å². The fourth-order valence-corrected chi connectivity index (χ4v) is 5.31. The summed E-state index contributed by atoms with van der Waals surface area (Å²) in [5.41, 5.74) is 2.87. The molecule has 2 aromatic carbocycles. The number of nitrogens with one attached hydrogen (secondary N) is 3. The second kappa shape index (κ2) is 12.8. The summed E-state index contributed by atoms with van der Waals surface area (Å²) in [5.74, 6) is 1.47. The molecule has 1 amide bonds. The van der Waals surface area contributed by atoms with Crippen LogP contribution in [0, 0.1) is 0 Å². The number of likely N-dealkylation sites (tertiary alicyclic amines) is 1. The summed E-state index contributed by atoms with van der Waals surface area (Å²) in [6.45, 7) is 6.92. The average molecular weight is 541 g/mol. The van der Waals surface area contributed by atoms with Gasteiger partial charge in [-0.25, -0.2) is 8.42 Å². The summed E-state index contributed by atoms with van der Waals surface area (Å²) in [6, 6.07) is 15.3. The average Bonchev–Trinajstić information content (AvgIpc) is 2.83. The molecule has 1 saturated heterocycles. The number of benzene rings is 2. The number of amides is 1. The highest BCUT2D eigenvalue weighted by Gasteiger charge is 2.27. The van der Waals surface area contributed by atoms with Crippen LogP contribution in [0.5, 0.6) is 11.5 Å². The van der Waals surface area contributed by atoms with Crippen molar-refractivity contribution in [2.24, 2.45) is 0 Å². The molecule has 0 radical (unpaired) electrons. The lowest BCUT2D eigenvalue weighted by atomic mass is 9.92. The fraction of sp³-hybridized carbons (Fsp3) is 0.483. The zero-order chi connectivity index (χ0) is 27.1. The molecule has 2 fully saturated rings. The molecule has 3 N–H and O–H groups in total. The van der Waals surface area contributed by atoms with E-state index in [4.69, 9.17) is 4.74 Å². The molecule has 8 nitrogen and oxygen atoms in total. The summed E-state index contributed by atoms with van der Waals surface area (Å²) < 4.78 is 31.0. The van der Waals surface area contributed by atoms with E-state index in [1.807, 2.05) is 32.1 Å². The molecule has 4 rings (SSSR count). The fourth-order valence-electron chi connectivity index (χ4n) is 4.75. The van der Waals surface area contributed by atoms with Crippen LogP contribution in [0.25, 0.3) is 0 Å². The predicted octanol–water partition coefficient (Wildman–Crippen LogP) is 4.41. The van der Waals surface area contributed by atoms with Crippen LogP contribution < -0.4 is 20.1 Å². The lowest BCUT2D eigenvalue weighted by Gasteiger charge is -2.35. The van der Waals surface area contributed by atoms with Gasteiger partial charge in [0.15, 0.2) is 0 Å². The first kappa shape index (κ1) is 28.1. The lowest BCUT2D eigenvalue weighted by molar-refractivity contribution is -0.123. The van der Waals surface area contributed by atoms with Crippen molar-refractivity contribution in [3.8, 4) is 11.5 Å². The van der Waals surface area contributed by atoms with Crippen LogP contribution in [-0.2, 0) is 21.4 Å². The number of piperidine rings is 1. The molecule has 0 bridgehead atoms. The van der Waals surface area contributed by atoms with E-state index in [9.17, 15) is 13.2 Å². The summed E-state index contributed by atoms with van der Waals surface area (Å²) in [6.07, 6.45) is 8.58. The monoisotopic (exact) mass is 540 g/mol. The van der Waals surface area contributed by atoms with Crippen molar-refractivity contribution in [1.29, 1.82) is 0 Å². The summed E-state index contributed by atoms with van der Waals surface area (Å²) in [5, 5.41) is 6.80. The Balaban J connectivity index is 1.23. The van der Waals surface area contributed by atoms with Crippen molar-refractivity contribution in [3.05, 3.63) is 65.7 Å². The SMILES string of the molecule is CC(C)=CC(NC1CCN(Cc2ccc(Oc3ccc(NS(C)(=O)=O)cc3)cc2)CC1)C(=O)NC1CCC1. The minimum absolute atomic E-state index is 0.0992. The number of carbonyl (C=O) groups is 1. The number of nitrogens with zero attached hydrogens (tertiary/aromatic N) is 1. The van der Waals surface area contributed by atoms with Gasteiger partial charge in [-0.1, -0.05) is 23.8 Å². The summed E-state index contributed by atoms with van der Waals surface area (Å²) in [7, 11) is -3.30. The van der Waals surface area contributed by atoms with Crippen LogP contribution in [0.3, 0.4) is 0 Å². The number of rotatable bonds is 11. The van der Waals surface area contributed by atoms with Gasteiger partial charge in [0.05, 0.1) is 6.26 Å². The van der Waals surface area contributed by atoms with Crippen LogP contribution >= 0.6 is 0 Å². The Hall–Kier alpha value is -2.88. The summed E-state index contributed by atoms with van der Waals surface area (Å²) in [4.78, 5) is 15.3. The molecular formula is C29H40N4O4S. The molecule has 9 heteroatoms. The Morgan fingerprint density at radius 1 is 0.974 bits per heavy atom. The molecule has 0 spiro atoms. The normalized spacial score (nSPS) is 17.8. The highest BCUT2D eigenvalue weighted by molar-refractivity contribution is 7.92. The first-order chi connectivity index (χ1) is 18.1. The molecular weight excluding hydrogens is 500 g/mol. The van der Waals surface area contributed by atoms with E-state index >= 15 is 0 Å². The van der Waals surface area contributed by atoms with E-state index in [0.29, 0.717) is 23.5 Å². The van der Waals surface area contributed by atoms with Crippen LogP contribution in [0.15, 0.2) is 60.2 Å². The Morgan fingerprint density at radius 3 is 2.11 bits per heavy atom. The lowest BCUT2D eigenvalue weighted by Crippen LogP contribution is -2.53. The topological polar surface area (TPSA) is 99.8 Å². The number of ether oxygens (including phenoxy) is 1. The van der Waals surface area contributed by atoms with Crippen LogP contribution in [0.1, 0.15) is 51.5 Å². The number of anilines is 1. The molecule has 1 heterocycles. The van der Waals surface area contributed by atoms with E-state index in [-0.39, 0.29) is 11.9 Å². The minimum atomic E-state index is -3.30. The Bertz CT molecular complexity index is 1200. The maximum atomic E-state index is 12.8. The second-order valence-electron chi connectivity index (χ2n) is 10.7. The third-order valence-electron chi connectivity index (χ3n) is 6.96. The maximum absolute atomic E-state index is 12.8. The number of hydrogen-bond acceptors (Lipinski definition) is 6. The van der Waals surface area contributed by atoms with Gasteiger partial charge in [0, 0.05) is 24.3 Å². The van der Waals surface area contributed by atoms with Gasteiger partial charge >= 0.3 is 0 Å². The van der Waals surface area contributed by atoms with Gasteiger partial charge in [0.1, 0.15) is 17.5 Å². The highest BCUT2D eigenvalue weighted by Crippen LogP contribution is 2.25. The minimum Gasteiger partial charge on any atom is -0.457 e. The molecule has 1 atom stereocenters. The van der Waals surface area contributed by atoms with Gasteiger partial charge in [-0.05, 0) is 101 Å². The van der Waals surface area contributed by atoms with Crippen molar-refractivity contribution in [1.82, 2.24) is 15.5 Å². The molecule has 1 unspecified atom stereocenters. The van der Waals surface area contributed by atoms with Crippen molar-refractivity contribution in [2.75, 3.05) is 24.1 Å². The molecule has 1 aliphatic heterocycles. The van der Waals surface area contributed by atoms with Crippen molar-refractivity contribution in [3.63, 3.8) is 0 Å². The van der Waals surface area contributed by atoms with Gasteiger partial charge in [0.25, 0.3) is 0 Å². The van der Waals surface area contributed by atoms with Crippen LogP contribution in [0.4, 0.5) is 5.69 Å². The Kier molecular flexibility index (Phi) is 9.46. The largest absolute Gasteiger partial charge is 0.457 e. The first-order valence-electron chi connectivity index (χ1n) is 13.4. The Labute approximate surface area is 226 Å². The standard InChI is InChI=1S/C29H40N4O4S/c1-21(2)19-28(29(34)31-23-5-4-6-23)30-24-15-17-33(18-16-24)20-22-7-11-26(12-8-22)37-27-13-9-25(10-14-27)32-38(3,35)36/h7-14,19,23-24,28,30,32H,4-6,15-18,20H2,1-3H3,(H,31,34). The molecule has 2 aromatic rings. The quantitative estimate of drug-likeness (QED) is 0.365. The van der Waals surface area contributed by atoms with Crippen LogP contribution in [0.2, 0.25) is 0 Å². The van der Waals surface area contributed by atoms with Gasteiger partial charge in [-0.3, -0.25) is 19.7 Å². The number of sulfonamides is 1. The molecule has 2 aliphatic rings. The van der Waals surface area contributed by atoms with E-state index < -0.39 is 10.0 Å². The van der Waals surface area contributed by atoms with E-state index in [1.54, 1.807) is 24.3 Å². The van der Waals surface area contributed by atoms with Crippen LogP contribution in [-0.4, -0.2) is 56.7 Å². The first-order valence-corrected chi connectivity index (χ1v) is 15.3. The van der Waals surface area contributed by atoms with E-state index in [2.05, 4.69) is 32.4 Å². The Morgan fingerprint density at radius 2 is 1.58 bits per heavy atom. The zero-order valence-corrected chi connectivity index (χ0v) is 23.4. The van der Waals surface area contributed by atoms with E-state index in [1.165, 1.54) is 12.0 Å². The molecule has 0 aromatic heterocycles. The predicted molar refractivity (Wildman–Crippen MR) is 152 cm³/mol. The van der Waals surface area contributed by atoms with Crippen molar-refractivity contribution >= 4 is 21.6 Å². The highest BCUT2D eigenvalue weighted by atomic mass is 32.2. The molecule has 1 aliphatic carbocycles. The molecule has 206 valence electrons. The van der Waals surface area contributed by atoms with E-state index in [0.717, 1.165) is 62.9 Å². The molecule has 1 saturated carbocycles. The number of carbonyl (C=O) groups excluding carboxylic acids is 1. The number of hydrogen-bond donors (Lipinski definition) is 3. The van der Waals surface area contributed by atoms with Gasteiger partial charge in [-0.2, -0.15) is 0 Å². The smallest absolute Gasteiger partial charge is 0.241 e. The summed E-state index contributed by atoms with van der Waals surface area (Å²) >= 11 is 0. The third kappa shape index (κ3) is 8.85. The van der Waals surface area contributed by atoms with Gasteiger partial charge in [0.2, 0.25) is 15.9 Å². The zero-order valence-electron chi connectivity index (χ0n) is 22.6. The third-order valence-corrected chi connectivity index (χ3v) is 7.57.